The highest BCUT2D eigenvalue weighted by Gasteiger charge is 2.21. The lowest BCUT2D eigenvalue weighted by molar-refractivity contribution is 0.370. The van der Waals surface area contributed by atoms with Gasteiger partial charge in [-0.25, -0.2) is 4.98 Å². The summed E-state index contributed by atoms with van der Waals surface area (Å²) in [6, 6.07) is 9.96. The van der Waals surface area contributed by atoms with Crippen LogP contribution in [-0.4, -0.2) is 54.2 Å². The number of benzene rings is 1. The average Bonchev–Trinajstić information content (AvgIpc) is 2.76. The number of fused-ring (bicyclic) bond motifs is 1. The third kappa shape index (κ3) is 3.91. The number of phenols is 1. The molecule has 1 aliphatic heterocycles. The minimum atomic E-state index is 0.392. The maximum Gasteiger partial charge on any atom is 0.194 e. The Morgan fingerprint density at radius 3 is 2.68 bits per heavy atom. The first-order valence-corrected chi connectivity index (χ1v) is 10.2. The van der Waals surface area contributed by atoms with Gasteiger partial charge >= 0.3 is 0 Å². The van der Waals surface area contributed by atoms with E-state index in [1.807, 2.05) is 31.4 Å². The van der Waals surface area contributed by atoms with Crippen molar-refractivity contribution < 1.29 is 5.11 Å². The fourth-order valence-corrected chi connectivity index (χ4v) is 4.28. The number of aryl methyl sites for hydroxylation is 1. The molecule has 2 N–H and O–H groups in total. The Morgan fingerprint density at radius 1 is 1.11 bits per heavy atom. The summed E-state index contributed by atoms with van der Waals surface area (Å²) in [5.41, 5.74) is 3.75. The Morgan fingerprint density at radius 2 is 1.93 bits per heavy atom. The average molecular weight is 380 g/mol. The molecule has 0 amide bonds. The minimum absolute atomic E-state index is 0.392. The molecule has 0 saturated carbocycles. The Labute approximate surface area is 166 Å². The van der Waals surface area contributed by atoms with E-state index in [0.717, 1.165) is 56.4 Å². The first-order valence-electron chi connectivity index (χ1n) is 10.2. The Bertz CT molecular complexity index is 828. The first kappa shape index (κ1) is 18.6. The molecule has 28 heavy (non-hydrogen) atoms. The maximum atomic E-state index is 10.4. The van der Waals surface area contributed by atoms with Crippen molar-refractivity contribution in [3.63, 3.8) is 0 Å². The van der Waals surface area contributed by atoms with Crippen LogP contribution in [0.5, 0.6) is 5.75 Å². The summed E-state index contributed by atoms with van der Waals surface area (Å²) in [5, 5.41) is 13.9. The van der Waals surface area contributed by atoms with Crippen molar-refractivity contribution >= 4 is 11.8 Å². The number of nitrogens with zero attached hydrogens (tertiary/aromatic N) is 4. The molecular formula is C22H29N5O. The number of aromatic hydroxyl groups is 1. The van der Waals surface area contributed by atoms with Crippen LogP contribution in [0.25, 0.3) is 0 Å². The molecule has 6 nitrogen and oxygen atoms in total. The van der Waals surface area contributed by atoms with E-state index in [4.69, 9.17) is 0 Å². The van der Waals surface area contributed by atoms with E-state index in [-0.39, 0.29) is 0 Å². The summed E-state index contributed by atoms with van der Waals surface area (Å²) in [7, 11) is 1.83. The fourth-order valence-electron chi connectivity index (χ4n) is 4.28. The molecule has 1 aromatic carbocycles. The monoisotopic (exact) mass is 379 g/mol. The van der Waals surface area contributed by atoms with Gasteiger partial charge in [-0.15, -0.1) is 0 Å². The second-order valence-electron chi connectivity index (χ2n) is 7.47. The molecule has 0 bridgehead atoms. The van der Waals surface area contributed by atoms with Gasteiger partial charge in [0, 0.05) is 51.5 Å². The highest BCUT2D eigenvalue weighted by molar-refractivity contribution is 5.80. The van der Waals surface area contributed by atoms with Gasteiger partial charge < -0.3 is 20.2 Å². The molecule has 1 saturated heterocycles. The third-order valence-electron chi connectivity index (χ3n) is 5.81. The standard InChI is InChI=1S/C22H29N5O/c1-23-22(27-14-12-26(13-15-27)21-8-4-5-11-24-21)25-16-19-18-7-3-2-6-17(18)9-10-20(19)28/h4-5,8-11,28H,2-3,6-7,12-16H2,1H3,(H,23,25). The predicted molar refractivity (Wildman–Crippen MR) is 113 cm³/mol. The highest BCUT2D eigenvalue weighted by atomic mass is 16.3. The molecule has 0 unspecified atom stereocenters. The SMILES string of the molecule is CN=C(NCc1c(O)ccc2c1CCCC2)N1CCN(c2ccccn2)CC1. The Balaban J connectivity index is 1.39. The second kappa shape index (κ2) is 8.50. The van der Waals surface area contributed by atoms with Crippen LogP contribution in [0.3, 0.4) is 0 Å². The summed E-state index contributed by atoms with van der Waals surface area (Å²) in [5.74, 6) is 2.32. The van der Waals surface area contributed by atoms with Crippen molar-refractivity contribution in [3.05, 3.63) is 53.2 Å². The predicted octanol–water partition coefficient (Wildman–Crippen LogP) is 2.56. The summed E-state index contributed by atoms with van der Waals surface area (Å²) in [6.07, 6.45) is 6.46. The number of aromatic nitrogens is 1. The first-order chi connectivity index (χ1) is 13.8. The number of anilines is 1. The van der Waals surface area contributed by atoms with Gasteiger partial charge in [0.2, 0.25) is 0 Å². The van der Waals surface area contributed by atoms with E-state index in [2.05, 4.69) is 37.2 Å². The van der Waals surface area contributed by atoms with Crippen LogP contribution in [0.2, 0.25) is 0 Å². The van der Waals surface area contributed by atoms with Gasteiger partial charge in [0.05, 0.1) is 0 Å². The molecule has 2 heterocycles. The largest absolute Gasteiger partial charge is 0.508 e. The lowest BCUT2D eigenvalue weighted by Crippen LogP contribution is -2.52. The van der Waals surface area contributed by atoms with Gasteiger partial charge in [-0.2, -0.15) is 0 Å². The van der Waals surface area contributed by atoms with E-state index >= 15 is 0 Å². The van der Waals surface area contributed by atoms with Crippen LogP contribution in [0.15, 0.2) is 41.5 Å². The summed E-state index contributed by atoms with van der Waals surface area (Å²) >= 11 is 0. The molecule has 0 spiro atoms. The van der Waals surface area contributed by atoms with E-state index in [1.54, 1.807) is 0 Å². The Hall–Kier alpha value is -2.76. The number of hydrogen-bond donors (Lipinski definition) is 2. The molecule has 0 atom stereocenters. The molecule has 4 rings (SSSR count). The second-order valence-corrected chi connectivity index (χ2v) is 7.47. The molecule has 1 aromatic heterocycles. The molecule has 148 valence electrons. The van der Waals surface area contributed by atoms with E-state index < -0.39 is 0 Å². The van der Waals surface area contributed by atoms with E-state index in [9.17, 15) is 5.11 Å². The normalized spacial score (nSPS) is 17.4. The molecule has 1 fully saturated rings. The number of hydrogen-bond acceptors (Lipinski definition) is 4. The highest BCUT2D eigenvalue weighted by Crippen LogP contribution is 2.30. The van der Waals surface area contributed by atoms with Gasteiger partial charge in [0.25, 0.3) is 0 Å². The molecule has 2 aromatic rings. The number of nitrogens with one attached hydrogen (secondary N) is 1. The van der Waals surface area contributed by atoms with Gasteiger partial charge in [0.1, 0.15) is 11.6 Å². The van der Waals surface area contributed by atoms with Crippen LogP contribution in [-0.2, 0) is 19.4 Å². The van der Waals surface area contributed by atoms with Crippen LogP contribution in [0, 0.1) is 0 Å². The van der Waals surface area contributed by atoms with Crippen LogP contribution >= 0.6 is 0 Å². The summed E-state index contributed by atoms with van der Waals surface area (Å²) in [4.78, 5) is 13.5. The summed E-state index contributed by atoms with van der Waals surface area (Å²) < 4.78 is 0. The van der Waals surface area contributed by atoms with Crippen molar-refractivity contribution in [1.82, 2.24) is 15.2 Å². The molecule has 6 heteroatoms. The van der Waals surface area contributed by atoms with Gasteiger partial charge in [-0.1, -0.05) is 12.1 Å². The molecule has 1 aliphatic carbocycles. The Kier molecular flexibility index (Phi) is 5.65. The number of piperazine rings is 1. The molecule has 0 radical (unpaired) electrons. The van der Waals surface area contributed by atoms with Crippen molar-refractivity contribution in [2.45, 2.75) is 32.2 Å². The number of aliphatic imine (C=N–C) groups is 1. The third-order valence-corrected chi connectivity index (χ3v) is 5.81. The zero-order valence-electron chi connectivity index (χ0n) is 16.6. The quantitative estimate of drug-likeness (QED) is 0.634. The van der Waals surface area contributed by atoms with Gasteiger partial charge in [-0.3, -0.25) is 4.99 Å². The summed E-state index contributed by atoms with van der Waals surface area (Å²) in [6.45, 7) is 4.25. The zero-order chi connectivity index (χ0) is 19.3. The smallest absolute Gasteiger partial charge is 0.194 e. The van der Waals surface area contributed by atoms with Crippen molar-refractivity contribution in [3.8, 4) is 5.75 Å². The van der Waals surface area contributed by atoms with E-state index in [1.165, 1.54) is 24.0 Å². The number of pyridine rings is 1. The molecular weight excluding hydrogens is 350 g/mol. The minimum Gasteiger partial charge on any atom is -0.508 e. The van der Waals surface area contributed by atoms with Crippen LogP contribution < -0.4 is 10.2 Å². The van der Waals surface area contributed by atoms with Crippen LogP contribution in [0.1, 0.15) is 29.5 Å². The van der Waals surface area contributed by atoms with Gasteiger partial charge in [0.15, 0.2) is 5.96 Å². The van der Waals surface area contributed by atoms with E-state index in [0.29, 0.717) is 12.3 Å². The van der Waals surface area contributed by atoms with Crippen molar-refractivity contribution in [2.75, 3.05) is 38.1 Å². The lowest BCUT2D eigenvalue weighted by atomic mass is 9.88. The number of guanidine groups is 1. The van der Waals surface area contributed by atoms with Crippen molar-refractivity contribution in [1.29, 1.82) is 0 Å². The topological polar surface area (TPSA) is 64.0 Å². The zero-order valence-corrected chi connectivity index (χ0v) is 16.6. The maximum absolute atomic E-state index is 10.4. The molecule has 2 aliphatic rings. The van der Waals surface area contributed by atoms with Crippen LogP contribution in [0.4, 0.5) is 5.82 Å². The number of phenolic OH excluding ortho intramolecular Hbond substituents is 1. The number of rotatable bonds is 3. The lowest BCUT2D eigenvalue weighted by Gasteiger charge is -2.37. The fraction of sp³-hybridized carbons (Fsp3) is 0.455. The van der Waals surface area contributed by atoms with Gasteiger partial charge in [-0.05, 0) is 55.0 Å². The van der Waals surface area contributed by atoms with Crippen molar-refractivity contribution in [2.24, 2.45) is 4.99 Å².